The topological polar surface area (TPSA) is 78.0 Å². The van der Waals surface area contributed by atoms with Crippen molar-refractivity contribution in [3.8, 4) is 0 Å². The van der Waals surface area contributed by atoms with Gasteiger partial charge in [-0.25, -0.2) is 9.78 Å². The van der Waals surface area contributed by atoms with Crippen LogP contribution in [0.1, 0.15) is 21.9 Å². The second-order valence-electron chi connectivity index (χ2n) is 4.21. The number of hydrogen-bond acceptors (Lipinski definition) is 7. The van der Waals surface area contributed by atoms with E-state index in [-0.39, 0.29) is 18.2 Å². The molecule has 0 aromatic carbocycles. The van der Waals surface area contributed by atoms with Gasteiger partial charge in [0.2, 0.25) is 5.91 Å². The number of amides is 1. The maximum atomic E-state index is 12.0. The van der Waals surface area contributed by atoms with Gasteiger partial charge in [0.05, 0.1) is 13.7 Å². The summed E-state index contributed by atoms with van der Waals surface area (Å²) in [4.78, 5) is 29.2. The monoisotopic (exact) mass is 316 g/mol. The summed E-state index contributed by atoms with van der Waals surface area (Å²) in [5, 5.41) is 2.30. The normalized spacial score (nSPS) is 10.4. The van der Waals surface area contributed by atoms with Crippen molar-refractivity contribution >= 4 is 23.2 Å². The smallest absolute Gasteiger partial charge is 0.357 e. The average molecular weight is 316 g/mol. The molecule has 21 heavy (non-hydrogen) atoms. The Bertz CT molecular complexity index is 463. The minimum absolute atomic E-state index is 0.0161. The van der Waals surface area contributed by atoms with Crippen LogP contribution < -0.4 is 0 Å². The van der Waals surface area contributed by atoms with E-state index in [0.717, 1.165) is 6.42 Å². The zero-order valence-corrected chi connectivity index (χ0v) is 13.3. The molecule has 1 aromatic rings. The van der Waals surface area contributed by atoms with E-state index in [0.29, 0.717) is 24.7 Å². The first-order valence-electron chi connectivity index (χ1n) is 6.40. The molecule has 0 saturated carbocycles. The fraction of sp³-hybridized carbons (Fsp3) is 0.615. The summed E-state index contributed by atoms with van der Waals surface area (Å²) in [6.07, 6.45) is 0.723. The van der Waals surface area contributed by atoms with Gasteiger partial charge in [0.1, 0.15) is 11.6 Å². The molecule has 1 aromatic heterocycles. The Hall–Kier alpha value is -1.51. The summed E-state index contributed by atoms with van der Waals surface area (Å²) < 4.78 is 14.5. The van der Waals surface area contributed by atoms with E-state index in [1.54, 1.807) is 17.4 Å². The van der Waals surface area contributed by atoms with Crippen molar-refractivity contribution in [2.75, 3.05) is 41.1 Å². The Labute approximate surface area is 127 Å². The average Bonchev–Trinajstić information content (AvgIpc) is 2.94. The number of esters is 1. The minimum Gasteiger partial charge on any atom is -0.464 e. The van der Waals surface area contributed by atoms with E-state index in [2.05, 4.69) is 9.72 Å². The second kappa shape index (κ2) is 9.43. The molecule has 0 saturated heterocycles. The van der Waals surface area contributed by atoms with Crippen LogP contribution in [0.4, 0.5) is 0 Å². The number of methoxy groups -OCH3 is 3. The van der Waals surface area contributed by atoms with Crippen molar-refractivity contribution in [3.05, 3.63) is 16.1 Å². The molecule has 1 amide bonds. The predicted molar refractivity (Wildman–Crippen MR) is 77.2 cm³/mol. The molecule has 1 rings (SSSR count). The number of rotatable bonds is 9. The SMILES string of the molecule is COCCCN(Cc1nc(C(=O)OC)cs1)C(=O)COC. The van der Waals surface area contributed by atoms with Crippen LogP contribution in [0.2, 0.25) is 0 Å². The Morgan fingerprint density at radius 1 is 1.29 bits per heavy atom. The van der Waals surface area contributed by atoms with Crippen molar-refractivity contribution in [1.82, 2.24) is 9.88 Å². The van der Waals surface area contributed by atoms with Gasteiger partial charge in [0.25, 0.3) is 0 Å². The first-order valence-corrected chi connectivity index (χ1v) is 7.28. The van der Waals surface area contributed by atoms with Crippen LogP contribution in [0.15, 0.2) is 5.38 Å². The first-order chi connectivity index (χ1) is 10.1. The van der Waals surface area contributed by atoms with Crippen molar-refractivity contribution in [1.29, 1.82) is 0 Å². The third-order valence-corrected chi connectivity index (χ3v) is 3.50. The van der Waals surface area contributed by atoms with Crippen LogP contribution in [-0.2, 0) is 25.5 Å². The maximum Gasteiger partial charge on any atom is 0.357 e. The minimum atomic E-state index is -0.480. The molecule has 0 fully saturated rings. The van der Waals surface area contributed by atoms with Gasteiger partial charge < -0.3 is 19.1 Å². The quantitative estimate of drug-likeness (QED) is 0.498. The highest BCUT2D eigenvalue weighted by molar-refractivity contribution is 7.09. The maximum absolute atomic E-state index is 12.0. The first kappa shape index (κ1) is 17.5. The van der Waals surface area contributed by atoms with Gasteiger partial charge in [-0.2, -0.15) is 0 Å². The number of thiazole rings is 1. The van der Waals surface area contributed by atoms with Crippen molar-refractivity contribution in [3.63, 3.8) is 0 Å². The van der Waals surface area contributed by atoms with E-state index in [1.165, 1.54) is 25.6 Å². The van der Waals surface area contributed by atoms with Gasteiger partial charge in [-0.3, -0.25) is 4.79 Å². The highest BCUT2D eigenvalue weighted by Crippen LogP contribution is 2.14. The van der Waals surface area contributed by atoms with E-state index in [4.69, 9.17) is 9.47 Å². The molecule has 8 heteroatoms. The number of hydrogen-bond donors (Lipinski definition) is 0. The molecule has 0 aliphatic rings. The third kappa shape index (κ3) is 5.78. The molecule has 0 spiro atoms. The summed E-state index contributed by atoms with van der Waals surface area (Å²) in [7, 11) is 4.40. The van der Waals surface area contributed by atoms with Crippen LogP contribution >= 0.6 is 11.3 Å². The molecule has 0 radical (unpaired) electrons. The Morgan fingerprint density at radius 2 is 2.05 bits per heavy atom. The largest absolute Gasteiger partial charge is 0.464 e. The summed E-state index contributed by atoms with van der Waals surface area (Å²) in [5.74, 6) is -0.602. The van der Waals surface area contributed by atoms with Crippen LogP contribution in [0.5, 0.6) is 0 Å². The molecule has 0 atom stereocenters. The third-order valence-electron chi connectivity index (χ3n) is 2.67. The summed E-state index contributed by atoms with van der Waals surface area (Å²) in [6, 6.07) is 0. The zero-order valence-electron chi connectivity index (χ0n) is 12.5. The van der Waals surface area contributed by atoms with Crippen LogP contribution in [0.25, 0.3) is 0 Å². The number of ether oxygens (including phenoxy) is 3. The fourth-order valence-electron chi connectivity index (χ4n) is 1.65. The fourth-order valence-corrected chi connectivity index (χ4v) is 2.43. The van der Waals surface area contributed by atoms with Crippen LogP contribution in [-0.4, -0.2) is 62.8 Å². The Kier molecular flexibility index (Phi) is 7.88. The van der Waals surface area contributed by atoms with Crippen LogP contribution in [0, 0.1) is 0 Å². The Balaban J connectivity index is 2.68. The van der Waals surface area contributed by atoms with Gasteiger partial charge in [0.15, 0.2) is 5.69 Å². The number of aromatic nitrogens is 1. The molecule has 0 aliphatic heterocycles. The lowest BCUT2D eigenvalue weighted by Gasteiger charge is -2.21. The Morgan fingerprint density at radius 3 is 2.67 bits per heavy atom. The van der Waals surface area contributed by atoms with Gasteiger partial charge in [-0.15, -0.1) is 11.3 Å². The molecule has 7 nitrogen and oxygen atoms in total. The molecule has 0 N–H and O–H groups in total. The second-order valence-corrected chi connectivity index (χ2v) is 5.16. The van der Waals surface area contributed by atoms with Gasteiger partial charge in [-0.1, -0.05) is 0 Å². The lowest BCUT2D eigenvalue weighted by atomic mass is 10.3. The summed E-state index contributed by atoms with van der Waals surface area (Å²) in [6.45, 7) is 1.47. The van der Waals surface area contributed by atoms with E-state index < -0.39 is 5.97 Å². The summed E-state index contributed by atoms with van der Waals surface area (Å²) in [5.41, 5.74) is 0.258. The predicted octanol–water partition coefficient (Wildman–Crippen LogP) is 0.941. The summed E-state index contributed by atoms with van der Waals surface area (Å²) >= 11 is 1.32. The van der Waals surface area contributed by atoms with Gasteiger partial charge in [-0.05, 0) is 6.42 Å². The molecule has 118 valence electrons. The van der Waals surface area contributed by atoms with Crippen molar-refractivity contribution in [2.45, 2.75) is 13.0 Å². The molecule has 1 heterocycles. The standard InChI is InChI=1S/C13H20N2O5S/c1-18-6-4-5-15(12(16)8-19-2)7-11-14-10(9-21-11)13(17)20-3/h9H,4-8H2,1-3H3. The number of carbonyl (C=O) groups excluding carboxylic acids is 2. The van der Waals surface area contributed by atoms with E-state index >= 15 is 0 Å². The van der Waals surface area contributed by atoms with Crippen molar-refractivity contribution in [2.24, 2.45) is 0 Å². The molecule has 0 bridgehead atoms. The highest BCUT2D eigenvalue weighted by Gasteiger charge is 2.17. The highest BCUT2D eigenvalue weighted by atomic mass is 32.1. The van der Waals surface area contributed by atoms with Gasteiger partial charge in [0, 0.05) is 32.8 Å². The molecular weight excluding hydrogens is 296 g/mol. The van der Waals surface area contributed by atoms with E-state index in [9.17, 15) is 9.59 Å². The number of nitrogens with zero attached hydrogens (tertiary/aromatic N) is 2. The van der Waals surface area contributed by atoms with Gasteiger partial charge >= 0.3 is 5.97 Å². The van der Waals surface area contributed by atoms with Crippen molar-refractivity contribution < 1.29 is 23.8 Å². The number of carbonyl (C=O) groups is 2. The van der Waals surface area contributed by atoms with Crippen LogP contribution in [0.3, 0.4) is 0 Å². The lowest BCUT2D eigenvalue weighted by Crippen LogP contribution is -2.34. The molecular formula is C13H20N2O5S. The molecule has 0 unspecified atom stereocenters. The lowest BCUT2D eigenvalue weighted by molar-refractivity contribution is -0.136. The zero-order chi connectivity index (χ0) is 15.7. The van der Waals surface area contributed by atoms with E-state index in [1.807, 2.05) is 0 Å². The molecule has 0 aliphatic carbocycles.